The Labute approximate surface area is 263 Å². The summed E-state index contributed by atoms with van der Waals surface area (Å²) in [5.74, 6) is -0.758. The van der Waals surface area contributed by atoms with E-state index >= 15 is 4.39 Å². The number of carbonyl (C=O) groups excluding carboxylic acids is 1. The van der Waals surface area contributed by atoms with Gasteiger partial charge in [0.15, 0.2) is 28.8 Å². The number of anilines is 1. The Bertz CT molecular complexity index is 1780. The monoisotopic (exact) mass is 662 g/mol. The summed E-state index contributed by atoms with van der Waals surface area (Å²) in [5, 5.41) is 13.6. The SMILES string of the molecule is COc1nc(N)nc2c1ncn2[C@@H]1O[C@H](COP(=O)(N[C@@H](C)C(=O)OCC(C)(C)C)Oc2cccc3nccnc23)[C@@H](O)[C@@]1(C)F. The maximum atomic E-state index is 16.2. The van der Waals surface area contributed by atoms with Crippen molar-refractivity contribution in [2.75, 3.05) is 26.1 Å². The first-order chi connectivity index (χ1) is 21.6. The molecule has 1 aliphatic rings. The number of imidazole rings is 1. The highest BCUT2D eigenvalue weighted by atomic mass is 31.2. The number of hydrogen-bond acceptors (Lipinski definition) is 14. The van der Waals surface area contributed by atoms with Crippen molar-refractivity contribution >= 4 is 41.9 Å². The zero-order valence-electron chi connectivity index (χ0n) is 26.1. The van der Waals surface area contributed by atoms with Crippen LogP contribution in [0.2, 0.25) is 0 Å². The fourth-order valence-corrected chi connectivity index (χ4v) is 6.21. The summed E-state index contributed by atoms with van der Waals surface area (Å²) in [6, 6.07) is 3.63. The van der Waals surface area contributed by atoms with Crippen LogP contribution in [0.3, 0.4) is 0 Å². The number of ether oxygens (including phenoxy) is 3. The van der Waals surface area contributed by atoms with Gasteiger partial charge in [-0.1, -0.05) is 26.8 Å². The molecule has 0 radical (unpaired) electrons. The van der Waals surface area contributed by atoms with Crippen molar-refractivity contribution in [2.45, 2.75) is 64.8 Å². The number of esters is 1. The molecule has 4 N–H and O–H groups in total. The lowest BCUT2D eigenvalue weighted by molar-refractivity contribution is -0.148. The fraction of sp³-hybridized carbons (Fsp3) is 0.500. The summed E-state index contributed by atoms with van der Waals surface area (Å²) < 4.78 is 59.7. The molecule has 4 aromatic rings. The number of para-hydroxylation sites is 1. The minimum absolute atomic E-state index is 0.0360. The minimum atomic E-state index is -4.48. The Morgan fingerprint density at radius 3 is 2.70 bits per heavy atom. The maximum absolute atomic E-state index is 16.2. The molecule has 46 heavy (non-hydrogen) atoms. The molecule has 18 heteroatoms. The number of fused-ring (bicyclic) bond motifs is 2. The lowest BCUT2D eigenvalue weighted by Gasteiger charge is -2.26. The molecule has 4 heterocycles. The van der Waals surface area contributed by atoms with E-state index in [2.05, 4.69) is 30.0 Å². The number of nitrogens with two attached hydrogens (primary N) is 1. The number of benzene rings is 1. The molecule has 0 amide bonds. The molecule has 1 unspecified atom stereocenters. The number of aliphatic hydroxyl groups is 1. The van der Waals surface area contributed by atoms with Gasteiger partial charge in [0.2, 0.25) is 11.8 Å². The van der Waals surface area contributed by atoms with Gasteiger partial charge in [0.25, 0.3) is 0 Å². The highest BCUT2D eigenvalue weighted by molar-refractivity contribution is 7.52. The third-order valence-corrected chi connectivity index (χ3v) is 8.64. The summed E-state index contributed by atoms with van der Waals surface area (Å²) in [6.45, 7) is 7.70. The summed E-state index contributed by atoms with van der Waals surface area (Å²) >= 11 is 0. The van der Waals surface area contributed by atoms with Gasteiger partial charge in [0.05, 0.1) is 32.2 Å². The second-order valence-corrected chi connectivity index (χ2v) is 13.8. The molecule has 0 spiro atoms. The van der Waals surface area contributed by atoms with Crippen LogP contribution in [0.4, 0.5) is 10.3 Å². The number of nitrogen functional groups attached to an aromatic ring is 1. The van der Waals surface area contributed by atoms with Crippen LogP contribution in [-0.4, -0.2) is 84.8 Å². The Hall–Kier alpha value is -4.02. The highest BCUT2D eigenvalue weighted by Crippen LogP contribution is 2.49. The molecule has 5 rings (SSSR count). The number of aromatic nitrogens is 6. The first kappa shape index (κ1) is 33.3. The Morgan fingerprint density at radius 1 is 1.24 bits per heavy atom. The van der Waals surface area contributed by atoms with Crippen molar-refractivity contribution < 1.29 is 42.1 Å². The van der Waals surface area contributed by atoms with Crippen LogP contribution in [-0.2, 0) is 23.4 Å². The zero-order valence-corrected chi connectivity index (χ0v) is 27.0. The van der Waals surface area contributed by atoms with Gasteiger partial charge >= 0.3 is 13.7 Å². The number of hydrogen-bond donors (Lipinski definition) is 3. The molecular weight excluding hydrogens is 626 g/mol. The first-order valence-corrected chi connectivity index (χ1v) is 15.8. The number of nitrogens with zero attached hydrogens (tertiary/aromatic N) is 6. The topological polar surface area (TPSA) is 208 Å². The van der Waals surface area contributed by atoms with E-state index in [4.69, 9.17) is 29.0 Å². The average Bonchev–Trinajstić information content (AvgIpc) is 3.51. The van der Waals surface area contributed by atoms with Crippen molar-refractivity contribution in [3.8, 4) is 11.6 Å². The van der Waals surface area contributed by atoms with Crippen LogP contribution < -0.4 is 20.1 Å². The van der Waals surface area contributed by atoms with E-state index in [0.717, 1.165) is 6.92 Å². The van der Waals surface area contributed by atoms with Gasteiger partial charge < -0.3 is 29.6 Å². The standard InChI is InChI=1S/C28H36FN8O8P/c1-15(24(39)42-13-27(2,3)4)36-46(40,45-17-9-7-8-16-19(17)32-11-10-31-16)43-12-18-21(38)28(5,29)25(44-18)37-14-33-20-22(37)34-26(30)35-23(20)41-6/h7-11,14-15,18,21,25,38H,12-13H2,1-6H3,(H,36,40)(H2,30,34,35)/t15-,18+,21+,25+,28+,46?/m0/s1. The number of alkyl halides is 1. The van der Waals surface area contributed by atoms with Crippen LogP contribution in [0.5, 0.6) is 11.6 Å². The number of nitrogens with one attached hydrogen (secondary N) is 1. The van der Waals surface area contributed by atoms with Crippen molar-refractivity contribution in [1.82, 2.24) is 34.6 Å². The molecule has 1 saturated heterocycles. The summed E-state index contributed by atoms with van der Waals surface area (Å²) in [6.07, 6.45) is -0.443. The molecule has 0 aliphatic carbocycles. The first-order valence-electron chi connectivity index (χ1n) is 14.3. The van der Waals surface area contributed by atoms with Crippen LogP contribution in [0.1, 0.15) is 40.8 Å². The molecule has 16 nitrogen and oxygen atoms in total. The van der Waals surface area contributed by atoms with Crippen molar-refractivity contribution in [3.05, 3.63) is 36.9 Å². The second-order valence-electron chi connectivity index (χ2n) is 12.1. The molecule has 1 aliphatic heterocycles. The molecule has 1 fully saturated rings. The minimum Gasteiger partial charge on any atom is -0.479 e. The largest absolute Gasteiger partial charge is 0.479 e. The van der Waals surface area contributed by atoms with E-state index in [1.807, 2.05) is 20.8 Å². The van der Waals surface area contributed by atoms with Crippen LogP contribution in [0.15, 0.2) is 36.9 Å². The second kappa shape index (κ2) is 12.6. The molecule has 6 atom stereocenters. The van der Waals surface area contributed by atoms with Crippen LogP contribution >= 0.6 is 7.75 Å². The van der Waals surface area contributed by atoms with Gasteiger partial charge in [-0.25, -0.2) is 18.9 Å². The normalized spacial score (nSPS) is 23.7. The maximum Gasteiger partial charge on any atom is 0.459 e. The Morgan fingerprint density at radius 2 is 1.98 bits per heavy atom. The van der Waals surface area contributed by atoms with Gasteiger partial charge in [-0.2, -0.15) is 15.1 Å². The Balaban J connectivity index is 1.40. The molecule has 248 valence electrons. The Kier molecular flexibility index (Phi) is 9.16. The molecule has 1 aromatic carbocycles. The number of methoxy groups -OCH3 is 1. The molecule has 3 aromatic heterocycles. The predicted octanol–water partition coefficient (Wildman–Crippen LogP) is 3.12. The highest BCUT2D eigenvalue weighted by Gasteiger charge is 2.56. The molecule has 0 saturated carbocycles. The number of rotatable bonds is 11. The van der Waals surface area contributed by atoms with Gasteiger partial charge in [-0.15, -0.1) is 0 Å². The summed E-state index contributed by atoms with van der Waals surface area (Å²) in [4.78, 5) is 33.6. The van der Waals surface area contributed by atoms with Gasteiger partial charge in [-0.3, -0.25) is 18.9 Å². The predicted molar refractivity (Wildman–Crippen MR) is 162 cm³/mol. The third kappa shape index (κ3) is 6.88. The third-order valence-electron chi connectivity index (χ3n) is 7.01. The fourth-order valence-electron chi connectivity index (χ4n) is 4.70. The smallest absolute Gasteiger partial charge is 0.459 e. The van der Waals surface area contributed by atoms with Crippen molar-refractivity contribution in [1.29, 1.82) is 0 Å². The number of carbonyl (C=O) groups is 1. The lowest BCUT2D eigenvalue weighted by Crippen LogP contribution is -2.41. The van der Waals surface area contributed by atoms with E-state index in [1.165, 1.54) is 43.4 Å². The van der Waals surface area contributed by atoms with E-state index < -0.39 is 50.5 Å². The van der Waals surface area contributed by atoms with E-state index in [9.17, 15) is 14.5 Å². The quantitative estimate of drug-likeness (QED) is 0.156. The van der Waals surface area contributed by atoms with Gasteiger partial charge in [-0.05, 0) is 31.4 Å². The number of aliphatic hydroxyl groups excluding tert-OH is 1. The van der Waals surface area contributed by atoms with Gasteiger partial charge in [0.1, 0.15) is 23.8 Å². The summed E-state index contributed by atoms with van der Waals surface area (Å²) in [5.41, 5.74) is 4.09. The van der Waals surface area contributed by atoms with Crippen molar-refractivity contribution in [2.24, 2.45) is 5.41 Å². The van der Waals surface area contributed by atoms with Crippen LogP contribution in [0.25, 0.3) is 22.2 Å². The van der Waals surface area contributed by atoms with E-state index in [0.29, 0.717) is 5.52 Å². The zero-order chi connectivity index (χ0) is 33.4. The van der Waals surface area contributed by atoms with Crippen molar-refractivity contribution in [3.63, 3.8) is 0 Å². The number of halogens is 1. The van der Waals surface area contributed by atoms with E-state index in [-0.39, 0.29) is 46.3 Å². The molecular formula is C28H36FN8O8P. The summed E-state index contributed by atoms with van der Waals surface area (Å²) in [7, 11) is -3.11. The molecule has 0 bridgehead atoms. The average molecular weight is 663 g/mol. The van der Waals surface area contributed by atoms with Crippen LogP contribution in [0, 0.1) is 5.41 Å². The van der Waals surface area contributed by atoms with E-state index in [1.54, 1.807) is 12.1 Å². The van der Waals surface area contributed by atoms with Gasteiger partial charge in [0, 0.05) is 12.4 Å². The lowest BCUT2D eigenvalue weighted by atomic mass is 9.98.